The van der Waals surface area contributed by atoms with Gasteiger partial charge in [0, 0.05) is 42.7 Å². The van der Waals surface area contributed by atoms with Gasteiger partial charge in [-0.2, -0.15) is 0 Å². The summed E-state index contributed by atoms with van der Waals surface area (Å²) in [5.74, 6) is 1.14. The van der Waals surface area contributed by atoms with Crippen LogP contribution in [-0.2, 0) is 16.0 Å². The molecule has 1 fully saturated rings. The van der Waals surface area contributed by atoms with Gasteiger partial charge in [-0.15, -0.1) is 0 Å². The van der Waals surface area contributed by atoms with Gasteiger partial charge in [0.2, 0.25) is 0 Å². The standard InChI is InChI=1S/C17H23N3O2/c1-3-22-17(21)12(2)10-15-11-19-16(20(15)14-4-5-14)13-6-8-18-9-7-13/h6,8-9,11-14H,3-5,7,10H2,1-2H3. The van der Waals surface area contributed by atoms with E-state index >= 15 is 0 Å². The first-order valence-corrected chi connectivity index (χ1v) is 8.11. The van der Waals surface area contributed by atoms with Crippen molar-refractivity contribution in [3.63, 3.8) is 0 Å². The number of allylic oxidation sites excluding steroid dienone is 1. The summed E-state index contributed by atoms with van der Waals surface area (Å²) in [5.41, 5.74) is 1.15. The zero-order chi connectivity index (χ0) is 15.5. The van der Waals surface area contributed by atoms with E-state index in [0.29, 0.717) is 25.0 Å². The molecule has 22 heavy (non-hydrogen) atoms. The van der Waals surface area contributed by atoms with Gasteiger partial charge in [-0.05, 0) is 26.2 Å². The fourth-order valence-electron chi connectivity index (χ4n) is 2.93. The molecule has 2 unspecified atom stereocenters. The fourth-order valence-corrected chi connectivity index (χ4v) is 2.93. The highest BCUT2D eigenvalue weighted by Gasteiger charge is 2.31. The Hall–Kier alpha value is -1.91. The fraction of sp³-hybridized carbons (Fsp3) is 0.588. The minimum Gasteiger partial charge on any atom is -0.466 e. The minimum absolute atomic E-state index is 0.128. The van der Waals surface area contributed by atoms with Crippen LogP contribution in [0, 0.1) is 5.92 Å². The molecular formula is C17H23N3O2. The quantitative estimate of drug-likeness (QED) is 0.759. The molecule has 1 aromatic rings. The molecule has 0 N–H and O–H groups in total. The average Bonchev–Trinajstić information content (AvgIpc) is 3.29. The Morgan fingerprint density at radius 1 is 1.50 bits per heavy atom. The van der Waals surface area contributed by atoms with Crippen molar-refractivity contribution in [3.8, 4) is 0 Å². The lowest BCUT2D eigenvalue weighted by Crippen LogP contribution is -2.19. The van der Waals surface area contributed by atoms with Crippen LogP contribution < -0.4 is 0 Å². The minimum atomic E-state index is -0.134. The Balaban J connectivity index is 1.80. The number of carbonyl (C=O) groups is 1. The van der Waals surface area contributed by atoms with Crippen LogP contribution in [-0.4, -0.2) is 28.3 Å². The molecular weight excluding hydrogens is 278 g/mol. The third-order valence-electron chi connectivity index (χ3n) is 4.22. The lowest BCUT2D eigenvalue weighted by Gasteiger charge is -2.18. The van der Waals surface area contributed by atoms with Crippen molar-refractivity contribution in [2.45, 2.75) is 51.5 Å². The molecule has 0 saturated heterocycles. The Bertz CT molecular complexity index is 599. The molecule has 1 aromatic heterocycles. The van der Waals surface area contributed by atoms with E-state index in [1.807, 2.05) is 32.5 Å². The molecule has 0 spiro atoms. The highest BCUT2D eigenvalue weighted by atomic mass is 16.5. The van der Waals surface area contributed by atoms with E-state index in [1.54, 1.807) is 0 Å². The second-order valence-corrected chi connectivity index (χ2v) is 6.08. The second kappa shape index (κ2) is 6.46. The van der Waals surface area contributed by atoms with Crippen molar-refractivity contribution < 1.29 is 9.53 Å². The first kappa shape index (κ1) is 15.0. The molecule has 5 heteroatoms. The van der Waals surface area contributed by atoms with Crippen LogP contribution in [0.4, 0.5) is 0 Å². The maximum absolute atomic E-state index is 11.9. The van der Waals surface area contributed by atoms with E-state index in [2.05, 4.69) is 20.6 Å². The van der Waals surface area contributed by atoms with E-state index in [1.165, 1.54) is 12.8 Å². The first-order chi connectivity index (χ1) is 10.7. The molecule has 1 saturated carbocycles. The van der Waals surface area contributed by atoms with Crippen LogP contribution in [0.2, 0.25) is 0 Å². The Morgan fingerprint density at radius 2 is 2.32 bits per heavy atom. The van der Waals surface area contributed by atoms with E-state index < -0.39 is 0 Å². The predicted octanol–water partition coefficient (Wildman–Crippen LogP) is 3.03. The molecule has 2 atom stereocenters. The molecule has 1 aliphatic carbocycles. The number of esters is 1. The highest BCUT2D eigenvalue weighted by molar-refractivity contribution is 5.72. The van der Waals surface area contributed by atoms with Gasteiger partial charge in [-0.25, -0.2) is 4.98 Å². The number of rotatable bonds is 6. The van der Waals surface area contributed by atoms with Gasteiger partial charge >= 0.3 is 5.97 Å². The number of aromatic nitrogens is 2. The molecule has 2 aliphatic rings. The number of hydrogen-bond acceptors (Lipinski definition) is 4. The lowest BCUT2D eigenvalue weighted by atomic mass is 10.0. The molecule has 0 radical (unpaired) electrons. The zero-order valence-electron chi connectivity index (χ0n) is 13.2. The molecule has 1 aliphatic heterocycles. The number of nitrogens with zero attached hydrogens (tertiary/aromatic N) is 3. The SMILES string of the molecule is CCOC(=O)C(C)Cc1cnc(C2C=CN=CC2)n1C1CC1. The van der Waals surface area contributed by atoms with Crippen LogP contribution in [0.15, 0.2) is 23.5 Å². The Labute approximate surface area is 131 Å². The van der Waals surface area contributed by atoms with Crippen molar-refractivity contribution in [2.75, 3.05) is 6.61 Å². The molecule has 0 aromatic carbocycles. The molecule has 2 heterocycles. The number of carbonyl (C=O) groups excluding carboxylic acids is 1. The number of hydrogen-bond donors (Lipinski definition) is 0. The van der Waals surface area contributed by atoms with Crippen LogP contribution in [0.5, 0.6) is 0 Å². The second-order valence-electron chi connectivity index (χ2n) is 6.08. The summed E-state index contributed by atoms with van der Waals surface area (Å²) in [4.78, 5) is 20.7. The summed E-state index contributed by atoms with van der Waals surface area (Å²) in [5, 5.41) is 0. The number of imidazole rings is 1. The normalized spacial score (nSPS) is 21.8. The third-order valence-corrected chi connectivity index (χ3v) is 4.22. The maximum atomic E-state index is 11.9. The lowest BCUT2D eigenvalue weighted by molar-refractivity contribution is -0.147. The van der Waals surface area contributed by atoms with Crippen molar-refractivity contribution >= 4 is 12.2 Å². The van der Waals surface area contributed by atoms with Crippen molar-refractivity contribution in [3.05, 3.63) is 30.0 Å². The predicted molar refractivity (Wildman–Crippen MR) is 85.0 cm³/mol. The monoisotopic (exact) mass is 301 g/mol. The van der Waals surface area contributed by atoms with Gasteiger partial charge in [-0.1, -0.05) is 13.0 Å². The van der Waals surface area contributed by atoms with Gasteiger partial charge in [0.15, 0.2) is 0 Å². The Kier molecular flexibility index (Phi) is 4.41. The third kappa shape index (κ3) is 3.13. The summed E-state index contributed by atoms with van der Waals surface area (Å²) >= 11 is 0. The number of aliphatic imine (C=N–C) groups is 1. The van der Waals surface area contributed by atoms with Crippen LogP contribution >= 0.6 is 0 Å². The van der Waals surface area contributed by atoms with Crippen LogP contribution in [0.25, 0.3) is 0 Å². The van der Waals surface area contributed by atoms with Crippen LogP contribution in [0.3, 0.4) is 0 Å². The molecule has 0 bridgehead atoms. The van der Waals surface area contributed by atoms with E-state index in [9.17, 15) is 4.79 Å². The highest BCUT2D eigenvalue weighted by Crippen LogP contribution is 2.40. The van der Waals surface area contributed by atoms with Crippen molar-refractivity contribution in [1.82, 2.24) is 9.55 Å². The van der Waals surface area contributed by atoms with Gasteiger partial charge < -0.3 is 9.30 Å². The maximum Gasteiger partial charge on any atom is 0.309 e. The number of ether oxygens (including phenoxy) is 1. The molecule has 118 valence electrons. The van der Waals surface area contributed by atoms with Crippen LogP contribution in [0.1, 0.15) is 56.6 Å². The van der Waals surface area contributed by atoms with E-state index in [-0.39, 0.29) is 11.9 Å². The van der Waals surface area contributed by atoms with E-state index in [4.69, 9.17) is 4.74 Å². The smallest absolute Gasteiger partial charge is 0.309 e. The molecule has 3 rings (SSSR count). The summed E-state index contributed by atoms with van der Waals surface area (Å²) in [6.45, 7) is 4.20. The first-order valence-electron chi connectivity index (χ1n) is 8.11. The summed E-state index contributed by atoms with van der Waals surface area (Å²) in [6.07, 6.45) is 11.8. The summed E-state index contributed by atoms with van der Waals surface area (Å²) in [7, 11) is 0. The van der Waals surface area contributed by atoms with Gasteiger partial charge in [0.1, 0.15) is 5.82 Å². The molecule has 5 nitrogen and oxygen atoms in total. The Morgan fingerprint density at radius 3 is 2.95 bits per heavy atom. The van der Waals surface area contributed by atoms with Crippen molar-refractivity contribution in [1.29, 1.82) is 0 Å². The van der Waals surface area contributed by atoms with Gasteiger partial charge in [0.05, 0.1) is 12.5 Å². The topological polar surface area (TPSA) is 56.5 Å². The van der Waals surface area contributed by atoms with Gasteiger partial charge in [0.25, 0.3) is 0 Å². The average molecular weight is 301 g/mol. The van der Waals surface area contributed by atoms with E-state index in [0.717, 1.165) is 17.9 Å². The summed E-state index contributed by atoms with van der Waals surface area (Å²) < 4.78 is 7.47. The summed E-state index contributed by atoms with van der Waals surface area (Å²) in [6, 6.07) is 0.550. The van der Waals surface area contributed by atoms with Gasteiger partial charge in [-0.3, -0.25) is 9.79 Å². The molecule has 0 amide bonds. The van der Waals surface area contributed by atoms with Crippen molar-refractivity contribution in [2.24, 2.45) is 10.9 Å². The zero-order valence-corrected chi connectivity index (χ0v) is 13.2. The largest absolute Gasteiger partial charge is 0.466 e.